The number of carbonyl (C=O) groups is 1. The summed E-state index contributed by atoms with van der Waals surface area (Å²) in [4.78, 5) is 15.6. The zero-order valence-electron chi connectivity index (χ0n) is 8.74. The van der Waals surface area contributed by atoms with Gasteiger partial charge >= 0.3 is 0 Å². The molecule has 1 aliphatic heterocycles. The van der Waals surface area contributed by atoms with E-state index in [-0.39, 0.29) is 5.78 Å². The van der Waals surface area contributed by atoms with Gasteiger partial charge in [-0.25, -0.2) is 4.99 Å². The van der Waals surface area contributed by atoms with E-state index in [9.17, 15) is 4.79 Å². The molecule has 0 radical (unpaired) electrons. The van der Waals surface area contributed by atoms with Crippen molar-refractivity contribution in [2.24, 2.45) is 4.99 Å². The molecule has 1 rings (SSSR count). The fourth-order valence-electron chi connectivity index (χ4n) is 1.26. The molecule has 14 heavy (non-hydrogen) atoms. The molecule has 1 heterocycles. The van der Waals surface area contributed by atoms with Gasteiger partial charge < -0.3 is 9.47 Å². The topological polar surface area (TPSA) is 47.9 Å². The normalized spacial score (nSPS) is 21.6. The predicted molar refractivity (Wildman–Crippen MR) is 53.2 cm³/mol. The number of hydrogen-bond acceptors (Lipinski definition) is 4. The number of hydrogen-bond donors (Lipinski definition) is 0. The highest BCUT2D eigenvalue weighted by atomic mass is 16.5. The van der Waals surface area contributed by atoms with Crippen LogP contribution in [-0.2, 0) is 14.3 Å². The molecule has 0 amide bonds. The zero-order valence-corrected chi connectivity index (χ0v) is 8.74. The molecule has 0 fully saturated rings. The Bertz CT molecular complexity index is 281. The minimum Gasteiger partial charge on any atom is -0.478 e. The van der Waals surface area contributed by atoms with Gasteiger partial charge in [-0.3, -0.25) is 4.79 Å². The van der Waals surface area contributed by atoms with Crippen LogP contribution in [0.15, 0.2) is 17.0 Å². The van der Waals surface area contributed by atoms with Gasteiger partial charge in [-0.05, 0) is 20.8 Å². The number of ether oxygens (including phenoxy) is 2. The van der Waals surface area contributed by atoms with E-state index in [1.807, 2.05) is 13.8 Å². The van der Waals surface area contributed by atoms with E-state index in [1.165, 1.54) is 6.08 Å². The van der Waals surface area contributed by atoms with Crippen molar-refractivity contribution in [3.63, 3.8) is 0 Å². The average Bonchev–Trinajstić information content (AvgIpc) is 2.12. The van der Waals surface area contributed by atoms with E-state index < -0.39 is 6.10 Å². The maximum atomic E-state index is 11.5. The van der Waals surface area contributed by atoms with Gasteiger partial charge in [0.2, 0.25) is 5.88 Å². The van der Waals surface area contributed by atoms with Crippen LogP contribution in [0, 0.1) is 0 Å². The molecule has 1 unspecified atom stereocenters. The van der Waals surface area contributed by atoms with Crippen LogP contribution >= 0.6 is 0 Å². The van der Waals surface area contributed by atoms with E-state index in [2.05, 4.69) is 4.99 Å². The highest BCUT2D eigenvalue weighted by molar-refractivity contribution is 6.13. The molecule has 1 aliphatic rings. The Morgan fingerprint density at radius 3 is 2.64 bits per heavy atom. The Hall–Kier alpha value is -1.16. The third kappa shape index (κ3) is 2.42. The summed E-state index contributed by atoms with van der Waals surface area (Å²) in [5.41, 5.74) is 0.655. The number of aliphatic imine (C=N–C) groups is 1. The molecule has 4 heteroatoms. The van der Waals surface area contributed by atoms with Crippen molar-refractivity contribution in [3.05, 3.63) is 12.0 Å². The Balaban J connectivity index is 2.75. The second-order valence-electron chi connectivity index (χ2n) is 2.91. The molecule has 0 N–H and O–H groups in total. The van der Waals surface area contributed by atoms with Gasteiger partial charge in [-0.1, -0.05) is 0 Å². The van der Waals surface area contributed by atoms with Gasteiger partial charge in [0.25, 0.3) is 0 Å². The first-order valence-electron chi connectivity index (χ1n) is 4.74. The lowest BCUT2D eigenvalue weighted by Gasteiger charge is -2.18. The molecule has 4 nitrogen and oxygen atoms in total. The maximum absolute atomic E-state index is 11.5. The molecule has 0 saturated carbocycles. The lowest BCUT2D eigenvalue weighted by molar-refractivity contribution is -0.122. The van der Waals surface area contributed by atoms with Crippen LogP contribution < -0.4 is 0 Å². The van der Waals surface area contributed by atoms with Crippen molar-refractivity contribution in [1.29, 1.82) is 0 Å². The van der Waals surface area contributed by atoms with Crippen molar-refractivity contribution in [1.82, 2.24) is 0 Å². The largest absolute Gasteiger partial charge is 0.478 e. The SMILES string of the molecule is CCOC1=CC(=O)C(OCC)C(C)=N1. The van der Waals surface area contributed by atoms with Crippen LogP contribution in [0.4, 0.5) is 0 Å². The fraction of sp³-hybridized carbons (Fsp3) is 0.600. The van der Waals surface area contributed by atoms with Gasteiger partial charge in [0, 0.05) is 12.7 Å². The first kappa shape index (κ1) is 10.9. The summed E-state index contributed by atoms with van der Waals surface area (Å²) in [7, 11) is 0. The maximum Gasteiger partial charge on any atom is 0.216 e. The Morgan fingerprint density at radius 1 is 1.43 bits per heavy atom. The van der Waals surface area contributed by atoms with Crippen LogP contribution in [-0.4, -0.2) is 30.8 Å². The van der Waals surface area contributed by atoms with E-state index in [4.69, 9.17) is 9.47 Å². The van der Waals surface area contributed by atoms with Crippen molar-refractivity contribution in [2.45, 2.75) is 26.9 Å². The second-order valence-corrected chi connectivity index (χ2v) is 2.91. The van der Waals surface area contributed by atoms with Crippen molar-refractivity contribution in [3.8, 4) is 0 Å². The highest BCUT2D eigenvalue weighted by Gasteiger charge is 2.25. The molecule has 0 aromatic heterocycles. The van der Waals surface area contributed by atoms with Crippen molar-refractivity contribution >= 4 is 11.5 Å². The van der Waals surface area contributed by atoms with E-state index in [1.54, 1.807) is 6.92 Å². The summed E-state index contributed by atoms with van der Waals surface area (Å²) >= 11 is 0. The number of rotatable bonds is 4. The minimum atomic E-state index is -0.524. The third-order valence-corrected chi connectivity index (χ3v) is 1.82. The van der Waals surface area contributed by atoms with Gasteiger partial charge in [0.05, 0.1) is 12.3 Å². The van der Waals surface area contributed by atoms with Gasteiger partial charge in [-0.2, -0.15) is 0 Å². The molecule has 0 bridgehead atoms. The second kappa shape index (κ2) is 4.91. The van der Waals surface area contributed by atoms with E-state index in [0.29, 0.717) is 24.8 Å². The van der Waals surface area contributed by atoms with Gasteiger partial charge in [-0.15, -0.1) is 0 Å². The monoisotopic (exact) mass is 197 g/mol. The molecule has 0 spiro atoms. The number of ketones is 1. The summed E-state index contributed by atoms with van der Waals surface area (Å²) in [5.74, 6) is 0.286. The molecule has 0 aliphatic carbocycles. The summed E-state index contributed by atoms with van der Waals surface area (Å²) < 4.78 is 10.4. The molecular weight excluding hydrogens is 182 g/mol. The lowest BCUT2D eigenvalue weighted by atomic mass is 10.1. The van der Waals surface area contributed by atoms with Crippen LogP contribution in [0.25, 0.3) is 0 Å². The summed E-state index contributed by atoms with van der Waals surface area (Å²) in [5, 5.41) is 0. The highest BCUT2D eigenvalue weighted by Crippen LogP contribution is 2.12. The Kier molecular flexibility index (Phi) is 3.83. The number of nitrogens with zero attached hydrogens (tertiary/aromatic N) is 1. The van der Waals surface area contributed by atoms with Crippen molar-refractivity contribution < 1.29 is 14.3 Å². The van der Waals surface area contributed by atoms with Crippen LogP contribution in [0.1, 0.15) is 20.8 Å². The standard InChI is InChI=1S/C10H15NO3/c1-4-13-9-6-8(12)10(14-5-2)7(3)11-9/h6,10H,4-5H2,1-3H3. The third-order valence-electron chi connectivity index (χ3n) is 1.82. The van der Waals surface area contributed by atoms with Crippen molar-refractivity contribution in [2.75, 3.05) is 13.2 Å². The van der Waals surface area contributed by atoms with E-state index in [0.717, 1.165) is 0 Å². The molecular formula is C10H15NO3. The summed E-state index contributed by atoms with van der Waals surface area (Å²) in [6.07, 6.45) is 0.862. The Morgan fingerprint density at radius 2 is 2.14 bits per heavy atom. The summed E-state index contributed by atoms with van der Waals surface area (Å²) in [6, 6.07) is 0. The van der Waals surface area contributed by atoms with Crippen LogP contribution in [0.5, 0.6) is 0 Å². The first-order chi connectivity index (χ1) is 6.69. The number of carbonyl (C=O) groups excluding carboxylic acids is 1. The van der Waals surface area contributed by atoms with Gasteiger partial charge in [0.1, 0.15) is 0 Å². The first-order valence-corrected chi connectivity index (χ1v) is 4.74. The quantitative estimate of drug-likeness (QED) is 0.682. The fourth-order valence-corrected chi connectivity index (χ4v) is 1.26. The predicted octanol–water partition coefficient (Wildman–Crippen LogP) is 1.31. The van der Waals surface area contributed by atoms with Crippen LogP contribution in [0.2, 0.25) is 0 Å². The lowest BCUT2D eigenvalue weighted by Crippen LogP contribution is -2.33. The molecule has 1 atom stereocenters. The van der Waals surface area contributed by atoms with E-state index >= 15 is 0 Å². The zero-order chi connectivity index (χ0) is 10.6. The molecule has 0 saturated heterocycles. The van der Waals surface area contributed by atoms with Gasteiger partial charge in [0.15, 0.2) is 11.9 Å². The average molecular weight is 197 g/mol. The summed E-state index contributed by atoms with van der Waals surface area (Å²) in [6.45, 7) is 6.48. The molecule has 0 aromatic carbocycles. The molecule has 78 valence electrons. The van der Waals surface area contributed by atoms with Crippen LogP contribution in [0.3, 0.4) is 0 Å². The smallest absolute Gasteiger partial charge is 0.216 e. The Labute approximate surface area is 83.6 Å². The minimum absolute atomic E-state index is 0.0946. The molecule has 0 aromatic rings.